The number of carbonyl (C=O) groups excluding carboxylic acids is 1. The predicted octanol–water partition coefficient (Wildman–Crippen LogP) is 3.46. The molecule has 8 heteroatoms. The lowest BCUT2D eigenvalue weighted by Crippen LogP contribution is -2.20. The van der Waals surface area contributed by atoms with E-state index in [0.29, 0.717) is 16.8 Å². The van der Waals surface area contributed by atoms with Crippen LogP contribution in [0.1, 0.15) is 15.9 Å². The molecule has 0 aliphatic heterocycles. The number of hydrogen-bond acceptors (Lipinski definition) is 3. The molecule has 0 heterocycles. The van der Waals surface area contributed by atoms with E-state index in [4.69, 9.17) is 23.2 Å². The van der Waals surface area contributed by atoms with E-state index in [-0.39, 0.29) is 20.8 Å². The Kier molecular flexibility index (Phi) is 5.19. The fourth-order valence-corrected chi connectivity index (χ4v) is 3.49. The van der Waals surface area contributed by atoms with E-state index >= 15 is 0 Å². The summed E-state index contributed by atoms with van der Waals surface area (Å²) in [7, 11) is -2.34. The molecule has 0 spiro atoms. The first-order chi connectivity index (χ1) is 10.8. The highest BCUT2D eigenvalue weighted by Gasteiger charge is 2.18. The van der Waals surface area contributed by atoms with Gasteiger partial charge in [0.15, 0.2) is 0 Å². The first kappa shape index (κ1) is 17.6. The number of amides is 1. The van der Waals surface area contributed by atoms with Gasteiger partial charge in [0, 0.05) is 12.6 Å². The van der Waals surface area contributed by atoms with Gasteiger partial charge in [-0.3, -0.25) is 9.52 Å². The Morgan fingerprint density at radius 1 is 1.09 bits per heavy atom. The minimum Gasteiger partial charge on any atom is -0.355 e. The molecular weight excluding hydrogens is 359 g/mol. The van der Waals surface area contributed by atoms with Crippen molar-refractivity contribution in [3.8, 4) is 0 Å². The molecule has 0 atom stereocenters. The summed E-state index contributed by atoms with van der Waals surface area (Å²) in [5.41, 5.74) is 1.23. The number of carbonyl (C=O) groups is 1. The van der Waals surface area contributed by atoms with E-state index in [1.165, 1.54) is 25.2 Å². The van der Waals surface area contributed by atoms with Crippen molar-refractivity contribution in [2.24, 2.45) is 0 Å². The lowest BCUT2D eigenvalue weighted by atomic mass is 10.1. The van der Waals surface area contributed by atoms with Gasteiger partial charge in [-0.05, 0) is 42.8 Å². The summed E-state index contributed by atoms with van der Waals surface area (Å²) >= 11 is 11.7. The second kappa shape index (κ2) is 6.78. The Balaban J connectivity index is 2.41. The number of nitrogens with one attached hydrogen (secondary N) is 2. The number of rotatable bonds is 4. The van der Waals surface area contributed by atoms with Crippen LogP contribution in [0.15, 0.2) is 41.3 Å². The topological polar surface area (TPSA) is 75.3 Å². The average molecular weight is 373 g/mol. The van der Waals surface area contributed by atoms with Crippen LogP contribution in [-0.2, 0) is 10.0 Å². The smallest absolute Gasteiger partial charge is 0.261 e. The summed E-state index contributed by atoms with van der Waals surface area (Å²) in [5, 5.41) is 2.92. The molecule has 2 rings (SSSR count). The van der Waals surface area contributed by atoms with Crippen LogP contribution >= 0.6 is 23.2 Å². The van der Waals surface area contributed by atoms with Gasteiger partial charge in [-0.1, -0.05) is 29.3 Å². The molecule has 0 saturated carbocycles. The van der Waals surface area contributed by atoms with Gasteiger partial charge in [0.1, 0.15) is 0 Å². The maximum atomic E-state index is 12.5. The zero-order valence-corrected chi connectivity index (χ0v) is 14.7. The van der Waals surface area contributed by atoms with Gasteiger partial charge in [-0.25, -0.2) is 8.42 Å². The lowest BCUT2D eigenvalue weighted by Gasteiger charge is -2.13. The van der Waals surface area contributed by atoms with E-state index in [1.807, 2.05) is 0 Å². The predicted molar refractivity (Wildman–Crippen MR) is 91.8 cm³/mol. The lowest BCUT2D eigenvalue weighted by molar-refractivity contribution is 0.0962. The van der Waals surface area contributed by atoms with Crippen LogP contribution in [0.3, 0.4) is 0 Å². The van der Waals surface area contributed by atoms with Gasteiger partial charge in [0.05, 0.1) is 20.6 Å². The summed E-state index contributed by atoms with van der Waals surface area (Å²) in [5.74, 6) is -0.293. The molecule has 5 nitrogen and oxygen atoms in total. The van der Waals surface area contributed by atoms with E-state index in [0.717, 1.165) is 0 Å². The van der Waals surface area contributed by atoms with Gasteiger partial charge in [0.25, 0.3) is 15.9 Å². The minimum absolute atomic E-state index is 0.0170. The Hall–Kier alpha value is -1.76. The highest BCUT2D eigenvalue weighted by molar-refractivity contribution is 7.92. The summed E-state index contributed by atoms with van der Waals surface area (Å²) in [6, 6.07) is 8.83. The van der Waals surface area contributed by atoms with Crippen molar-refractivity contribution in [1.29, 1.82) is 0 Å². The Labute approximate surface area is 144 Å². The first-order valence-electron chi connectivity index (χ1n) is 6.56. The molecule has 23 heavy (non-hydrogen) atoms. The molecule has 0 aliphatic carbocycles. The normalized spacial score (nSPS) is 11.1. The Bertz CT molecular complexity index is 867. The molecule has 0 aliphatic rings. The zero-order chi connectivity index (χ0) is 17.2. The summed E-state index contributed by atoms with van der Waals surface area (Å²) in [6.07, 6.45) is 0. The van der Waals surface area contributed by atoms with Crippen molar-refractivity contribution >= 4 is 44.8 Å². The van der Waals surface area contributed by atoms with Crippen LogP contribution in [0.25, 0.3) is 0 Å². The molecule has 2 aromatic carbocycles. The molecule has 2 aromatic rings. The molecule has 122 valence electrons. The third kappa shape index (κ3) is 3.77. The molecule has 0 aromatic heterocycles. The number of hydrogen-bond donors (Lipinski definition) is 2. The summed E-state index contributed by atoms with van der Waals surface area (Å²) in [4.78, 5) is 11.8. The van der Waals surface area contributed by atoms with Gasteiger partial charge < -0.3 is 5.32 Å². The molecule has 0 saturated heterocycles. The van der Waals surface area contributed by atoms with Crippen LogP contribution in [0, 0.1) is 6.92 Å². The van der Waals surface area contributed by atoms with Crippen molar-refractivity contribution in [1.82, 2.24) is 5.32 Å². The number of benzene rings is 2. The fourth-order valence-electron chi connectivity index (χ4n) is 1.97. The zero-order valence-electron chi connectivity index (χ0n) is 12.4. The quantitative estimate of drug-likeness (QED) is 0.862. The number of anilines is 1. The number of halogens is 2. The van der Waals surface area contributed by atoms with Crippen molar-refractivity contribution in [3.05, 3.63) is 57.6 Å². The molecule has 2 N–H and O–H groups in total. The maximum Gasteiger partial charge on any atom is 0.261 e. The average Bonchev–Trinajstić information content (AvgIpc) is 2.51. The molecule has 0 unspecified atom stereocenters. The minimum atomic E-state index is -3.85. The van der Waals surface area contributed by atoms with Crippen LogP contribution in [-0.4, -0.2) is 21.4 Å². The van der Waals surface area contributed by atoms with Crippen LogP contribution in [0.5, 0.6) is 0 Å². The molecule has 0 radical (unpaired) electrons. The largest absolute Gasteiger partial charge is 0.355 e. The third-order valence-corrected chi connectivity index (χ3v) is 5.35. The van der Waals surface area contributed by atoms with Crippen molar-refractivity contribution in [3.63, 3.8) is 0 Å². The molecule has 0 bridgehead atoms. The first-order valence-corrected chi connectivity index (χ1v) is 8.79. The van der Waals surface area contributed by atoms with Crippen LogP contribution in [0.4, 0.5) is 5.69 Å². The molecular formula is C15H14Cl2N2O3S. The molecule has 1 amide bonds. The van der Waals surface area contributed by atoms with Gasteiger partial charge in [-0.15, -0.1) is 0 Å². The van der Waals surface area contributed by atoms with E-state index in [2.05, 4.69) is 10.0 Å². The fraction of sp³-hybridized carbons (Fsp3) is 0.133. The third-order valence-electron chi connectivity index (χ3n) is 3.25. The monoisotopic (exact) mass is 372 g/mol. The van der Waals surface area contributed by atoms with Crippen LogP contribution in [0.2, 0.25) is 10.0 Å². The van der Waals surface area contributed by atoms with Crippen molar-refractivity contribution in [2.75, 3.05) is 11.8 Å². The molecule has 0 fully saturated rings. The van der Waals surface area contributed by atoms with Crippen molar-refractivity contribution in [2.45, 2.75) is 11.8 Å². The van der Waals surface area contributed by atoms with Gasteiger partial charge >= 0.3 is 0 Å². The number of sulfonamides is 1. The van der Waals surface area contributed by atoms with Crippen molar-refractivity contribution < 1.29 is 13.2 Å². The Morgan fingerprint density at radius 3 is 2.39 bits per heavy atom. The maximum absolute atomic E-state index is 12.5. The second-order valence-corrected chi connectivity index (χ2v) is 7.24. The van der Waals surface area contributed by atoms with E-state index in [9.17, 15) is 13.2 Å². The Morgan fingerprint density at radius 2 is 1.78 bits per heavy atom. The van der Waals surface area contributed by atoms with Gasteiger partial charge in [-0.2, -0.15) is 0 Å². The SMILES string of the molecule is CNC(=O)c1cccc(NS(=O)(=O)c2ccc(Cl)c(Cl)c2)c1C. The summed E-state index contributed by atoms with van der Waals surface area (Å²) in [6.45, 7) is 1.66. The van der Waals surface area contributed by atoms with E-state index in [1.54, 1.807) is 25.1 Å². The standard InChI is InChI=1S/C15H14Cl2N2O3S/c1-9-11(15(20)18-2)4-3-5-14(9)19-23(21,22)10-6-7-12(16)13(17)8-10/h3-8,19H,1-2H3,(H,18,20). The van der Waals surface area contributed by atoms with Gasteiger partial charge in [0.2, 0.25) is 0 Å². The van der Waals surface area contributed by atoms with E-state index < -0.39 is 10.0 Å². The summed E-state index contributed by atoms with van der Waals surface area (Å²) < 4.78 is 27.4. The highest BCUT2D eigenvalue weighted by Crippen LogP contribution is 2.27. The van der Waals surface area contributed by atoms with Crippen LogP contribution < -0.4 is 10.0 Å². The highest BCUT2D eigenvalue weighted by atomic mass is 35.5. The second-order valence-electron chi connectivity index (χ2n) is 4.74.